The zero-order valence-electron chi connectivity index (χ0n) is 16.0. The lowest BCUT2D eigenvalue weighted by Gasteiger charge is -2.11. The van der Waals surface area contributed by atoms with E-state index in [1.54, 1.807) is 25.1 Å². The number of benzene rings is 2. The summed E-state index contributed by atoms with van der Waals surface area (Å²) in [5, 5.41) is 0. The molecule has 0 aliphatic rings. The van der Waals surface area contributed by atoms with Crippen LogP contribution >= 0.6 is 0 Å². The summed E-state index contributed by atoms with van der Waals surface area (Å²) >= 11 is 0. The van der Waals surface area contributed by atoms with Crippen LogP contribution in [-0.2, 0) is 11.2 Å². The van der Waals surface area contributed by atoms with Crippen LogP contribution in [0.4, 0.5) is 4.39 Å². The van der Waals surface area contributed by atoms with Gasteiger partial charge in [-0.3, -0.25) is 20.4 Å². The monoisotopic (exact) mass is 379 g/mol. The number of hydrazine groups is 1. The van der Waals surface area contributed by atoms with E-state index in [9.17, 15) is 14.0 Å². The molecule has 1 aromatic heterocycles. The largest absolute Gasteiger partial charge is 0.318 e. The number of halogens is 1. The average Bonchev–Trinajstić information content (AvgIpc) is 2.97. The molecule has 0 spiro atoms. The van der Waals surface area contributed by atoms with Crippen molar-refractivity contribution < 1.29 is 14.0 Å². The quantitative estimate of drug-likeness (QED) is 0.681. The van der Waals surface area contributed by atoms with Crippen LogP contribution in [0.1, 0.15) is 32.9 Å². The predicted molar refractivity (Wildman–Crippen MR) is 106 cm³/mol. The smallest absolute Gasteiger partial charge is 0.271 e. The Balaban J connectivity index is 1.69. The van der Waals surface area contributed by atoms with Gasteiger partial charge in [-0.2, -0.15) is 0 Å². The molecule has 0 aliphatic heterocycles. The third-order valence-corrected chi connectivity index (χ3v) is 4.69. The number of aromatic nitrogens is 1. The molecular formula is C22H22FN3O2. The molecule has 0 saturated carbocycles. The van der Waals surface area contributed by atoms with Crippen molar-refractivity contribution in [3.05, 3.63) is 88.5 Å². The van der Waals surface area contributed by atoms with Crippen LogP contribution in [0.25, 0.3) is 5.69 Å². The molecule has 6 heteroatoms. The van der Waals surface area contributed by atoms with E-state index in [4.69, 9.17) is 0 Å². The van der Waals surface area contributed by atoms with Crippen molar-refractivity contribution in [2.75, 3.05) is 0 Å². The Morgan fingerprint density at radius 1 is 0.964 bits per heavy atom. The van der Waals surface area contributed by atoms with E-state index in [2.05, 4.69) is 10.9 Å². The number of hydrogen-bond donors (Lipinski definition) is 2. The SMILES string of the molecule is Cc1ccccc1CC(=O)NNC(=O)c1cc(C)n(-c2ccc(F)cc2)c1C. The fourth-order valence-corrected chi connectivity index (χ4v) is 3.20. The lowest BCUT2D eigenvalue weighted by Crippen LogP contribution is -2.42. The Kier molecular flexibility index (Phi) is 5.59. The summed E-state index contributed by atoms with van der Waals surface area (Å²) in [5.41, 5.74) is 9.60. The molecule has 3 aromatic rings. The molecule has 0 saturated heterocycles. The summed E-state index contributed by atoms with van der Waals surface area (Å²) in [4.78, 5) is 24.7. The second-order valence-electron chi connectivity index (χ2n) is 6.70. The summed E-state index contributed by atoms with van der Waals surface area (Å²) in [7, 11) is 0. The normalized spacial score (nSPS) is 10.6. The summed E-state index contributed by atoms with van der Waals surface area (Å²) < 4.78 is 15.0. The van der Waals surface area contributed by atoms with Gasteiger partial charge >= 0.3 is 0 Å². The molecule has 3 rings (SSSR count). The average molecular weight is 379 g/mol. The van der Waals surface area contributed by atoms with Crippen molar-refractivity contribution >= 4 is 11.8 Å². The van der Waals surface area contributed by atoms with Gasteiger partial charge in [-0.15, -0.1) is 0 Å². The highest BCUT2D eigenvalue weighted by atomic mass is 19.1. The number of nitrogens with one attached hydrogen (secondary N) is 2. The van der Waals surface area contributed by atoms with Gasteiger partial charge in [0.25, 0.3) is 5.91 Å². The lowest BCUT2D eigenvalue weighted by atomic mass is 10.1. The molecule has 2 N–H and O–H groups in total. The first kappa shape index (κ1) is 19.4. The van der Waals surface area contributed by atoms with E-state index in [0.717, 1.165) is 22.5 Å². The van der Waals surface area contributed by atoms with Gasteiger partial charge < -0.3 is 4.57 Å². The van der Waals surface area contributed by atoms with Gasteiger partial charge in [-0.1, -0.05) is 24.3 Å². The Morgan fingerprint density at radius 3 is 2.32 bits per heavy atom. The first-order valence-electron chi connectivity index (χ1n) is 8.95. The maximum absolute atomic E-state index is 13.2. The number of amides is 2. The van der Waals surface area contributed by atoms with Gasteiger partial charge in [0.1, 0.15) is 5.82 Å². The van der Waals surface area contributed by atoms with Crippen molar-refractivity contribution in [3.8, 4) is 5.69 Å². The van der Waals surface area contributed by atoms with Crippen molar-refractivity contribution in [1.82, 2.24) is 15.4 Å². The van der Waals surface area contributed by atoms with E-state index in [0.29, 0.717) is 11.3 Å². The number of rotatable bonds is 4. The zero-order valence-corrected chi connectivity index (χ0v) is 16.0. The third-order valence-electron chi connectivity index (χ3n) is 4.69. The number of carbonyl (C=O) groups is 2. The fraction of sp³-hybridized carbons (Fsp3) is 0.182. The van der Waals surface area contributed by atoms with Gasteiger partial charge in [0.15, 0.2) is 0 Å². The first-order valence-corrected chi connectivity index (χ1v) is 8.95. The third kappa shape index (κ3) is 4.11. The molecule has 5 nitrogen and oxygen atoms in total. The summed E-state index contributed by atoms with van der Waals surface area (Å²) in [6.45, 7) is 5.61. The van der Waals surface area contributed by atoms with Crippen LogP contribution in [-0.4, -0.2) is 16.4 Å². The van der Waals surface area contributed by atoms with Crippen molar-refractivity contribution in [3.63, 3.8) is 0 Å². The zero-order chi connectivity index (χ0) is 20.3. The summed E-state index contributed by atoms with van der Waals surface area (Å²) in [5.74, 6) is -1.02. The predicted octanol–water partition coefficient (Wildman–Crippen LogP) is 3.55. The Hall–Kier alpha value is -3.41. The minimum absolute atomic E-state index is 0.182. The molecule has 2 amide bonds. The number of nitrogens with zero attached hydrogens (tertiary/aromatic N) is 1. The highest BCUT2D eigenvalue weighted by molar-refractivity contribution is 5.97. The standard InChI is InChI=1S/C22H22FN3O2/c1-14-6-4-5-7-17(14)13-21(27)24-25-22(28)20-12-15(2)26(16(20)3)19-10-8-18(23)9-11-19/h4-12H,13H2,1-3H3,(H,24,27)(H,25,28). The van der Waals surface area contributed by atoms with Gasteiger partial charge in [0, 0.05) is 17.1 Å². The van der Waals surface area contributed by atoms with Crippen LogP contribution in [0.15, 0.2) is 54.6 Å². The second-order valence-corrected chi connectivity index (χ2v) is 6.70. The molecular weight excluding hydrogens is 357 g/mol. The van der Waals surface area contributed by atoms with Crippen LogP contribution < -0.4 is 10.9 Å². The molecule has 0 aliphatic carbocycles. The molecule has 0 fully saturated rings. The highest BCUT2D eigenvalue weighted by Crippen LogP contribution is 2.21. The maximum Gasteiger partial charge on any atom is 0.271 e. The van der Waals surface area contributed by atoms with Crippen LogP contribution in [0.3, 0.4) is 0 Å². The van der Waals surface area contributed by atoms with Crippen molar-refractivity contribution in [2.45, 2.75) is 27.2 Å². The number of hydrogen-bond acceptors (Lipinski definition) is 2. The number of aryl methyl sites for hydroxylation is 2. The molecule has 0 radical (unpaired) electrons. The van der Waals surface area contributed by atoms with E-state index in [1.807, 2.05) is 42.7 Å². The topological polar surface area (TPSA) is 63.1 Å². The first-order chi connectivity index (χ1) is 13.4. The van der Waals surface area contributed by atoms with Gasteiger partial charge in [-0.05, 0) is 62.2 Å². The summed E-state index contributed by atoms with van der Waals surface area (Å²) in [6.07, 6.45) is 0.182. The van der Waals surface area contributed by atoms with E-state index in [-0.39, 0.29) is 18.1 Å². The molecule has 0 atom stereocenters. The van der Waals surface area contributed by atoms with Crippen molar-refractivity contribution in [2.24, 2.45) is 0 Å². The van der Waals surface area contributed by atoms with Gasteiger partial charge in [0.05, 0.1) is 12.0 Å². The van der Waals surface area contributed by atoms with Crippen LogP contribution in [0, 0.1) is 26.6 Å². The Morgan fingerprint density at radius 2 is 1.64 bits per heavy atom. The Labute approximate surface area is 163 Å². The summed E-state index contributed by atoms with van der Waals surface area (Å²) in [6, 6.07) is 15.4. The minimum Gasteiger partial charge on any atom is -0.318 e. The second kappa shape index (κ2) is 8.08. The minimum atomic E-state index is -0.403. The molecule has 144 valence electrons. The van der Waals surface area contributed by atoms with Crippen LogP contribution in [0.5, 0.6) is 0 Å². The van der Waals surface area contributed by atoms with E-state index >= 15 is 0 Å². The fourth-order valence-electron chi connectivity index (χ4n) is 3.20. The lowest BCUT2D eigenvalue weighted by molar-refractivity contribution is -0.121. The van der Waals surface area contributed by atoms with Crippen molar-refractivity contribution in [1.29, 1.82) is 0 Å². The van der Waals surface area contributed by atoms with Gasteiger partial charge in [0.2, 0.25) is 5.91 Å². The highest BCUT2D eigenvalue weighted by Gasteiger charge is 2.17. The van der Waals surface area contributed by atoms with Gasteiger partial charge in [-0.25, -0.2) is 4.39 Å². The van der Waals surface area contributed by atoms with E-state index in [1.165, 1.54) is 12.1 Å². The number of carbonyl (C=O) groups excluding carboxylic acids is 2. The molecule has 2 aromatic carbocycles. The molecule has 0 bridgehead atoms. The molecule has 0 unspecified atom stereocenters. The molecule has 28 heavy (non-hydrogen) atoms. The Bertz CT molecular complexity index is 1020. The van der Waals surface area contributed by atoms with Crippen LogP contribution in [0.2, 0.25) is 0 Å². The maximum atomic E-state index is 13.2. The van der Waals surface area contributed by atoms with E-state index < -0.39 is 5.91 Å². The molecule has 1 heterocycles.